The molecule has 1 aliphatic rings. The number of rotatable bonds is 7. The maximum absolute atomic E-state index is 13.1. The molecule has 0 atom stereocenters. The van der Waals surface area contributed by atoms with Gasteiger partial charge in [-0.25, -0.2) is 4.39 Å². The molecular weight excluding hydrogens is 463 g/mol. The van der Waals surface area contributed by atoms with Gasteiger partial charge in [-0.2, -0.15) is 5.26 Å². The van der Waals surface area contributed by atoms with Gasteiger partial charge in [0.2, 0.25) is 5.91 Å². The van der Waals surface area contributed by atoms with Gasteiger partial charge in [-0.05, 0) is 48.5 Å². The monoisotopic (exact) mass is 488 g/mol. The lowest BCUT2D eigenvalue weighted by atomic mass is 10.2. The topological polar surface area (TPSA) is 76.4 Å². The van der Waals surface area contributed by atoms with Gasteiger partial charge < -0.3 is 15.1 Å². The third kappa shape index (κ3) is 6.19. The van der Waals surface area contributed by atoms with Crippen LogP contribution < -0.4 is 10.2 Å². The average molecular weight is 489 g/mol. The van der Waals surface area contributed by atoms with E-state index in [4.69, 9.17) is 0 Å². The highest BCUT2D eigenvalue weighted by Gasteiger charge is 2.21. The number of nitriles is 1. The van der Waals surface area contributed by atoms with Gasteiger partial charge in [0.05, 0.1) is 11.1 Å². The molecule has 178 valence electrons. The minimum atomic E-state index is -0.266. The Labute approximate surface area is 208 Å². The molecule has 1 saturated heterocycles. The smallest absolute Gasteiger partial charge is 0.252 e. The van der Waals surface area contributed by atoms with Gasteiger partial charge in [-0.3, -0.25) is 9.59 Å². The molecule has 1 heterocycles. The molecule has 0 aromatic heterocycles. The largest absolute Gasteiger partial charge is 0.368 e. The predicted octanol–water partition coefficient (Wildman–Crippen LogP) is 4.32. The quantitative estimate of drug-likeness (QED) is 0.536. The van der Waals surface area contributed by atoms with E-state index in [0.717, 1.165) is 15.5 Å². The van der Waals surface area contributed by atoms with Crippen molar-refractivity contribution in [1.82, 2.24) is 10.2 Å². The predicted molar refractivity (Wildman–Crippen MR) is 134 cm³/mol. The summed E-state index contributed by atoms with van der Waals surface area (Å²) in [5.41, 5.74) is 2.00. The highest BCUT2D eigenvalue weighted by Crippen LogP contribution is 2.32. The third-order valence-corrected chi connectivity index (χ3v) is 6.96. The van der Waals surface area contributed by atoms with Gasteiger partial charge in [-0.15, -0.1) is 0 Å². The van der Waals surface area contributed by atoms with Gasteiger partial charge in [0, 0.05) is 54.6 Å². The fraction of sp³-hybridized carbons (Fsp3) is 0.222. The van der Waals surface area contributed by atoms with E-state index in [-0.39, 0.29) is 30.6 Å². The molecule has 0 radical (unpaired) electrons. The van der Waals surface area contributed by atoms with Crippen molar-refractivity contribution in [2.24, 2.45) is 0 Å². The van der Waals surface area contributed by atoms with Crippen molar-refractivity contribution >= 4 is 29.3 Å². The first-order valence-electron chi connectivity index (χ1n) is 11.4. The zero-order valence-electron chi connectivity index (χ0n) is 19.1. The minimum absolute atomic E-state index is 0.00494. The second-order valence-electron chi connectivity index (χ2n) is 8.06. The third-order valence-electron chi connectivity index (χ3n) is 5.81. The van der Waals surface area contributed by atoms with E-state index in [1.54, 1.807) is 41.3 Å². The van der Waals surface area contributed by atoms with Crippen molar-refractivity contribution in [3.8, 4) is 6.07 Å². The number of hydrogen-bond acceptors (Lipinski definition) is 5. The normalized spacial score (nSPS) is 13.3. The number of nitrogens with zero attached hydrogens (tertiary/aromatic N) is 3. The van der Waals surface area contributed by atoms with Crippen LogP contribution in [0.5, 0.6) is 0 Å². The zero-order chi connectivity index (χ0) is 24.6. The van der Waals surface area contributed by atoms with Crippen LogP contribution in [0.4, 0.5) is 10.1 Å². The fourth-order valence-electron chi connectivity index (χ4n) is 3.91. The Morgan fingerprint density at radius 1 is 0.914 bits per heavy atom. The van der Waals surface area contributed by atoms with E-state index in [9.17, 15) is 19.2 Å². The Morgan fingerprint density at radius 2 is 1.57 bits per heavy atom. The second kappa shape index (κ2) is 11.5. The molecule has 6 nitrogen and oxygen atoms in total. The van der Waals surface area contributed by atoms with Crippen LogP contribution in [-0.2, 0) is 4.79 Å². The van der Waals surface area contributed by atoms with Gasteiger partial charge in [-0.1, -0.05) is 36.0 Å². The highest BCUT2D eigenvalue weighted by atomic mass is 32.2. The summed E-state index contributed by atoms with van der Waals surface area (Å²) >= 11 is 1.37. The summed E-state index contributed by atoms with van der Waals surface area (Å²) in [5.74, 6) is -0.524. The summed E-state index contributed by atoms with van der Waals surface area (Å²) in [6.45, 7) is 2.77. The SMILES string of the molecule is N#Cc1ccccc1Sc1ccccc1C(=O)NCCC(=O)N1CCN(c2ccc(F)cc2)CC1. The van der Waals surface area contributed by atoms with Crippen molar-refractivity contribution in [1.29, 1.82) is 5.26 Å². The van der Waals surface area contributed by atoms with Crippen LogP contribution in [-0.4, -0.2) is 49.4 Å². The van der Waals surface area contributed by atoms with Crippen molar-refractivity contribution in [3.63, 3.8) is 0 Å². The first-order chi connectivity index (χ1) is 17.0. The lowest BCUT2D eigenvalue weighted by Gasteiger charge is -2.36. The Bertz CT molecular complexity index is 1230. The average Bonchev–Trinajstić information content (AvgIpc) is 2.89. The molecule has 1 aliphatic heterocycles. The van der Waals surface area contributed by atoms with Crippen molar-refractivity contribution in [3.05, 3.63) is 89.7 Å². The minimum Gasteiger partial charge on any atom is -0.368 e. The van der Waals surface area contributed by atoms with Crippen LogP contribution in [0.25, 0.3) is 0 Å². The van der Waals surface area contributed by atoms with E-state index < -0.39 is 0 Å². The summed E-state index contributed by atoms with van der Waals surface area (Å²) in [4.78, 5) is 31.0. The van der Waals surface area contributed by atoms with Crippen LogP contribution in [0.15, 0.2) is 82.6 Å². The standard InChI is InChI=1S/C27H25FN4O2S/c28-21-9-11-22(12-10-21)31-15-17-32(18-16-31)26(33)13-14-30-27(34)23-6-2-4-8-25(23)35-24-7-3-1-5-20(24)19-29/h1-12H,13-18H2,(H,30,34). The second-order valence-corrected chi connectivity index (χ2v) is 9.14. The van der Waals surface area contributed by atoms with Crippen molar-refractivity contribution in [2.75, 3.05) is 37.6 Å². The Hall–Kier alpha value is -3.83. The van der Waals surface area contributed by atoms with Crippen LogP contribution in [0.3, 0.4) is 0 Å². The summed E-state index contributed by atoms with van der Waals surface area (Å²) in [7, 11) is 0. The van der Waals surface area contributed by atoms with Gasteiger partial charge in [0.1, 0.15) is 11.9 Å². The maximum Gasteiger partial charge on any atom is 0.252 e. The number of halogens is 1. The molecule has 0 saturated carbocycles. The first kappa shape index (κ1) is 24.3. The molecule has 3 aromatic rings. The molecule has 35 heavy (non-hydrogen) atoms. The number of anilines is 1. The number of piperazine rings is 1. The lowest BCUT2D eigenvalue weighted by Crippen LogP contribution is -2.49. The Balaban J connectivity index is 1.28. The van der Waals surface area contributed by atoms with Crippen LogP contribution >= 0.6 is 11.8 Å². The molecule has 2 amide bonds. The molecule has 0 aliphatic carbocycles. The molecule has 0 spiro atoms. The van der Waals surface area contributed by atoms with Gasteiger partial charge in [0.15, 0.2) is 0 Å². The maximum atomic E-state index is 13.1. The highest BCUT2D eigenvalue weighted by molar-refractivity contribution is 7.99. The summed E-state index contributed by atoms with van der Waals surface area (Å²) in [6, 6.07) is 23.0. The zero-order valence-corrected chi connectivity index (χ0v) is 19.9. The molecule has 8 heteroatoms. The van der Waals surface area contributed by atoms with E-state index in [1.807, 2.05) is 24.3 Å². The number of carbonyl (C=O) groups is 2. The molecule has 1 fully saturated rings. The molecule has 3 aromatic carbocycles. The fourth-order valence-corrected chi connectivity index (χ4v) is 4.94. The van der Waals surface area contributed by atoms with Gasteiger partial charge >= 0.3 is 0 Å². The van der Waals surface area contributed by atoms with E-state index in [0.29, 0.717) is 37.3 Å². The van der Waals surface area contributed by atoms with Crippen LogP contribution in [0, 0.1) is 17.1 Å². The van der Waals surface area contributed by atoms with Crippen molar-refractivity contribution < 1.29 is 14.0 Å². The lowest BCUT2D eigenvalue weighted by molar-refractivity contribution is -0.131. The van der Waals surface area contributed by atoms with E-state index in [1.165, 1.54) is 23.9 Å². The molecule has 0 unspecified atom stereocenters. The van der Waals surface area contributed by atoms with E-state index in [2.05, 4.69) is 16.3 Å². The molecule has 0 bridgehead atoms. The number of hydrogen-bond donors (Lipinski definition) is 1. The van der Waals surface area contributed by atoms with Crippen molar-refractivity contribution in [2.45, 2.75) is 16.2 Å². The van der Waals surface area contributed by atoms with Gasteiger partial charge in [0.25, 0.3) is 5.91 Å². The van der Waals surface area contributed by atoms with Crippen LogP contribution in [0.2, 0.25) is 0 Å². The molecule has 1 N–H and O–H groups in total. The van der Waals surface area contributed by atoms with Crippen LogP contribution in [0.1, 0.15) is 22.3 Å². The van der Waals surface area contributed by atoms with E-state index >= 15 is 0 Å². The Kier molecular flexibility index (Phi) is 8.01. The number of nitrogens with one attached hydrogen (secondary N) is 1. The summed E-state index contributed by atoms with van der Waals surface area (Å²) in [6.07, 6.45) is 0.217. The number of amides is 2. The number of benzene rings is 3. The molecular formula is C27H25FN4O2S. The molecule has 4 rings (SSSR count). The summed E-state index contributed by atoms with van der Waals surface area (Å²) < 4.78 is 13.1. The first-order valence-corrected chi connectivity index (χ1v) is 12.2. The summed E-state index contributed by atoms with van der Waals surface area (Å²) in [5, 5.41) is 12.2. The Morgan fingerprint density at radius 3 is 2.29 bits per heavy atom. The number of carbonyl (C=O) groups excluding carboxylic acids is 2.